The Morgan fingerprint density at radius 2 is 1.94 bits per heavy atom. The van der Waals surface area contributed by atoms with Gasteiger partial charge in [0.25, 0.3) is 0 Å². The zero-order chi connectivity index (χ0) is 12.4. The van der Waals surface area contributed by atoms with Gasteiger partial charge in [-0.25, -0.2) is 9.97 Å². The average Bonchev–Trinajstić information content (AvgIpc) is 2.47. The maximum absolute atomic E-state index is 5.87. The summed E-state index contributed by atoms with van der Waals surface area (Å²) in [6.07, 6.45) is 0. The lowest BCUT2D eigenvalue weighted by Gasteiger charge is -2.28. The fourth-order valence-corrected chi connectivity index (χ4v) is 2.30. The van der Waals surface area contributed by atoms with Crippen LogP contribution in [0.25, 0.3) is 10.9 Å². The molecule has 0 atom stereocenters. The van der Waals surface area contributed by atoms with Crippen molar-refractivity contribution in [2.24, 2.45) is 0 Å². The summed E-state index contributed by atoms with van der Waals surface area (Å²) in [6.45, 7) is 3.22. The number of anilines is 1. The van der Waals surface area contributed by atoms with Crippen LogP contribution in [-0.2, 0) is 10.6 Å². The van der Waals surface area contributed by atoms with Crippen LogP contribution in [0.3, 0.4) is 0 Å². The van der Waals surface area contributed by atoms with Gasteiger partial charge >= 0.3 is 0 Å². The van der Waals surface area contributed by atoms with Crippen molar-refractivity contribution in [1.82, 2.24) is 9.97 Å². The van der Waals surface area contributed by atoms with Crippen LogP contribution in [0.2, 0.25) is 0 Å². The predicted molar refractivity (Wildman–Crippen MR) is 72.1 cm³/mol. The van der Waals surface area contributed by atoms with E-state index in [1.807, 2.05) is 18.2 Å². The highest BCUT2D eigenvalue weighted by atomic mass is 35.5. The second kappa shape index (κ2) is 5.08. The first-order valence-corrected chi connectivity index (χ1v) is 6.56. The van der Waals surface area contributed by atoms with Crippen LogP contribution in [0.4, 0.5) is 5.82 Å². The molecule has 2 heterocycles. The lowest BCUT2D eigenvalue weighted by Crippen LogP contribution is -2.37. The minimum atomic E-state index is 0.335. The second-order valence-corrected chi connectivity index (χ2v) is 4.48. The van der Waals surface area contributed by atoms with Crippen molar-refractivity contribution in [3.8, 4) is 0 Å². The maximum Gasteiger partial charge on any atom is 0.146 e. The van der Waals surface area contributed by atoms with E-state index in [1.54, 1.807) is 0 Å². The molecule has 1 aromatic heterocycles. The third kappa shape index (κ3) is 2.13. The van der Waals surface area contributed by atoms with Gasteiger partial charge in [-0.15, -0.1) is 11.6 Å². The zero-order valence-electron chi connectivity index (χ0n) is 9.97. The number of halogens is 1. The van der Waals surface area contributed by atoms with Gasteiger partial charge in [0, 0.05) is 18.5 Å². The molecule has 0 radical (unpaired) electrons. The Morgan fingerprint density at radius 3 is 2.72 bits per heavy atom. The quantitative estimate of drug-likeness (QED) is 0.779. The van der Waals surface area contributed by atoms with Crippen molar-refractivity contribution in [2.45, 2.75) is 5.88 Å². The first-order valence-electron chi connectivity index (χ1n) is 6.03. The Morgan fingerprint density at radius 1 is 1.17 bits per heavy atom. The molecule has 0 N–H and O–H groups in total. The minimum Gasteiger partial charge on any atom is -0.378 e. The molecule has 1 aromatic carbocycles. The minimum absolute atomic E-state index is 0.335. The number of alkyl halides is 1. The van der Waals surface area contributed by atoms with E-state index in [0.29, 0.717) is 11.7 Å². The summed E-state index contributed by atoms with van der Waals surface area (Å²) in [6, 6.07) is 8.04. The highest BCUT2D eigenvalue weighted by Crippen LogP contribution is 2.24. The molecule has 5 heteroatoms. The standard InChI is InChI=1S/C13H14ClN3O/c14-9-12-15-11-4-2-1-3-10(11)13(16-12)17-5-7-18-8-6-17/h1-4H,5-9H2. The second-order valence-electron chi connectivity index (χ2n) is 4.21. The van der Waals surface area contributed by atoms with Gasteiger partial charge in [0.05, 0.1) is 24.6 Å². The van der Waals surface area contributed by atoms with Gasteiger partial charge in [-0.3, -0.25) is 0 Å². The number of aromatic nitrogens is 2. The number of rotatable bonds is 2. The van der Waals surface area contributed by atoms with E-state index in [1.165, 1.54) is 0 Å². The van der Waals surface area contributed by atoms with Crippen LogP contribution in [0.1, 0.15) is 5.82 Å². The van der Waals surface area contributed by atoms with E-state index in [9.17, 15) is 0 Å². The van der Waals surface area contributed by atoms with Crippen molar-refractivity contribution >= 4 is 28.3 Å². The Balaban J connectivity index is 2.12. The molecule has 94 valence electrons. The normalized spacial score (nSPS) is 16.2. The van der Waals surface area contributed by atoms with E-state index in [2.05, 4.69) is 20.9 Å². The van der Waals surface area contributed by atoms with Crippen LogP contribution in [0, 0.1) is 0 Å². The Hall–Kier alpha value is -1.39. The lowest BCUT2D eigenvalue weighted by atomic mass is 10.2. The van der Waals surface area contributed by atoms with Crippen molar-refractivity contribution in [3.63, 3.8) is 0 Å². The molecule has 0 spiro atoms. The van der Waals surface area contributed by atoms with E-state index in [0.717, 1.165) is 43.0 Å². The molecule has 1 fully saturated rings. The Labute approximate surface area is 111 Å². The number of benzene rings is 1. The van der Waals surface area contributed by atoms with Gasteiger partial charge < -0.3 is 9.64 Å². The van der Waals surface area contributed by atoms with Crippen molar-refractivity contribution < 1.29 is 4.74 Å². The average molecular weight is 264 g/mol. The number of hydrogen-bond acceptors (Lipinski definition) is 4. The van der Waals surface area contributed by atoms with Gasteiger partial charge in [0.15, 0.2) is 0 Å². The van der Waals surface area contributed by atoms with Gasteiger partial charge in [-0.2, -0.15) is 0 Å². The van der Waals surface area contributed by atoms with E-state index in [4.69, 9.17) is 16.3 Å². The molecular weight excluding hydrogens is 250 g/mol. The van der Waals surface area contributed by atoms with Crippen molar-refractivity contribution in [2.75, 3.05) is 31.2 Å². The molecule has 4 nitrogen and oxygen atoms in total. The number of para-hydroxylation sites is 1. The zero-order valence-corrected chi connectivity index (χ0v) is 10.7. The van der Waals surface area contributed by atoms with Crippen LogP contribution in [-0.4, -0.2) is 36.3 Å². The molecule has 18 heavy (non-hydrogen) atoms. The number of morpholine rings is 1. The van der Waals surface area contributed by atoms with Gasteiger partial charge in [-0.1, -0.05) is 12.1 Å². The van der Waals surface area contributed by atoms with Crippen molar-refractivity contribution in [3.05, 3.63) is 30.1 Å². The third-order valence-corrected chi connectivity index (χ3v) is 3.30. The van der Waals surface area contributed by atoms with Gasteiger partial charge in [0.2, 0.25) is 0 Å². The fourth-order valence-electron chi connectivity index (χ4n) is 2.18. The molecule has 1 aliphatic heterocycles. The summed E-state index contributed by atoms with van der Waals surface area (Å²) < 4.78 is 5.38. The largest absolute Gasteiger partial charge is 0.378 e. The highest BCUT2D eigenvalue weighted by molar-refractivity contribution is 6.16. The molecular formula is C13H14ClN3O. The number of hydrogen-bond donors (Lipinski definition) is 0. The van der Waals surface area contributed by atoms with Gasteiger partial charge in [0.1, 0.15) is 11.6 Å². The molecule has 0 bridgehead atoms. The SMILES string of the molecule is ClCc1nc(N2CCOCC2)c2ccccc2n1. The van der Waals surface area contributed by atoms with Gasteiger partial charge in [-0.05, 0) is 12.1 Å². The van der Waals surface area contributed by atoms with Crippen molar-refractivity contribution in [1.29, 1.82) is 0 Å². The van der Waals surface area contributed by atoms with Crippen LogP contribution in [0.15, 0.2) is 24.3 Å². The van der Waals surface area contributed by atoms with Crippen LogP contribution < -0.4 is 4.90 Å². The molecule has 0 amide bonds. The summed E-state index contributed by atoms with van der Waals surface area (Å²) in [4.78, 5) is 11.3. The molecule has 1 saturated heterocycles. The Kier molecular flexibility index (Phi) is 3.30. The number of fused-ring (bicyclic) bond motifs is 1. The fraction of sp³-hybridized carbons (Fsp3) is 0.385. The molecule has 0 saturated carbocycles. The molecule has 0 aliphatic carbocycles. The first kappa shape index (κ1) is 11.7. The smallest absolute Gasteiger partial charge is 0.146 e. The van der Waals surface area contributed by atoms with Crippen LogP contribution >= 0.6 is 11.6 Å². The molecule has 0 unspecified atom stereocenters. The number of nitrogens with zero attached hydrogens (tertiary/aromatic N) is 3. The lowest BCUT2D eigenvalue weighted by molar-refractivity contribution is 0.122. The highest BCUT2D eigenvalue weighted by Gasteiger charge is 2.16. The summed E-state index contributed by atoms with van der Waals surface area (Å²) in [5.74, 6) is 1.98. The molecule has 3 rings (SSSR count). The summed E-state index contributed by atoms with van der Waals surface area (Å²) in [5.41, 5.74) is 0.949. The summed E-state index contributed by atoms with van der Waals surface area (Å²) >= 11 is 5.87. The Bertz CT molecular complexity index is 555. The summed E-state index contributed by atoms with van der Waals surface area (Å²) in [7, 11) is 0. The molecule has 2 aromatic rings. The van der Waals surface area contributed by atoms with E-state index in [-0.39, 0.29) is 0 Å². The monoisotopic (exact) mass is 263 g/mol. The number of ether oxygens (including phenoxy) is 1. The predicted octanol–water partition coefficient (Wildman–Crippen LogP) is 2.21. The molecule has 1 aliphatic rings. The first-order chi connectivity index (χ1) is 8.88. The topological polar surface area (TPSA) is 38.2 Å². The maximum atomic E-state index is 5.87. The third-order valence-electron chi connectivity index (χ3n) is 3.06. The van der Waals surface area contributed by atoms with Crippen LogP contribution in [0.5, 0.6) is 0 Å². The van der Waals surface area contributed by atoms with E-state index >= 15 is 0 Å². The van der Waals surface area contributed by atoms with E-state index < -0.39 is 0 Å². The summed E-state index contributed by atoms with van der Waals surface area (Å²) in [5, 5.41) is 1.08.